The van der Waals surface area contributed by atoms with Gasteiger partial charge in [-0.1, -0.05) is 18.2 Å². The standard InChI is InChI=1S/C12H17NO2.ClH/c1-8-5-4-6-9(2)12(8)10(13)7-11(14)15-3;/h4-6,10H,7,13H2,1-3H3;1H/t10-;/m0./s1. The molecule has 0 fully saturated rings. The van der Waals surface area contributed by atoms with Crippen molar-refractivity contribution in [1.29, 1.82) is 0 Å². The van der Waals surface area contributed by atoms with E-state index in [0.29, 0.717) is 0 Å². The second-order valence-corrected chi connectivity index (χ2v) is 3.69. The van der Waals surface area contributed by atoms with Gasteiger partial charge in [0.05, 0.1) is 13.5 Å². The average molecular weight is 244 g/mol. The Balaban J connectivity index is 0.00000225. The van der Waals surface area contributed by atoms with E-state index < -0.39 is 0 Å². The number of benzene rings is 1. The molecule has 0 aromatic heterocycles. The maximum Gasteiger partial charge on any atom is 0.307 e. The average Bonchev–Trinajstić information content (AvgIpc) is 2.17. The SMILES string of the molecule is COC(=O)C[C@H](N)c1c(C)cccc1C.Cl. The van der Waals surface area contributed by atoms with Crippen molar-refractivity contribution in [3.05, 3.63) is 34.9 Å². The Kier molecular flexibility index (Phi) is 6.08. The Morgan fingerprint density at radius 3 is 2.31 bits per heavy atom. The molecule has 16 heavy (non-hydrogen) atoms. The lowest BCUT2D eigenvalue weighted by Gasteiger charge is -2.16. The van der Waals surface area contributed by atoms with E-state index in [1.54, 1.807) is 0 Å². The number of hydrogen-bond acceptors (Lipinski definition) is 3. The minimum atomic E-state index is -0.279. The smallest absolute Gasteiger partial charge is 0.307 e. The van der Waals surface area contributed by atoms with E-state index in [4.69, 9.17) is 5.73 Å². The molecule has 4 heteroatoms. The van der Waals surface area contributed by atoms with E-state index in [0.717, 1.165) is 16.7 Å². The fraction of sp³-hybridized carbons (Fsp3) is 0.417. The predicted octanol–water partition coefficient (Wildman–Crippen LogP) is 2.29. The van der Waals surface area contributed by atoms with Crippen LogP contribution in [0.15, 0.2) is 18.2 Å². The van der Waals surface area contributed by atoms with Crippen LogP contribution < -0.4 is 5.73 Å². The third-order valence-electron chi connectivity index (χ3n) is 2.53. The molecule has 1 aromatic carbocycles. The second-order valence-electron chi connectivity index (χ2n) is 3.69. The van der Waals surface area contributed by atoms with Crippen molar-refractivity contribution in [1.82, 2.24) is 0 Å². The van der Waals surface area contributed by atoms with Crippen molar-refractivity contribution in [2.75, 3.05) is 7.11 Å². The lowest BCUT2D eigenvalue weighted by Crippen LogP contribution is -2.18. The van der Waals surface area contributed by atoms with Gasteiger partial charge in [0.25, 0.3) is 0 Å². The molecule has 2 N–H and O–H groups in total. The van der Waals surface area contributed by atoms with Gasteiger partial charge in [0.2, 0.25) is 0 Å². The number of esters is 1. The van der Waals surface area contributed by atoms with Crippen molar-refractivity contribution in [2.24, 2.45) is 5.73 Å². The summed E-state index contributed by atoms with van der Waals surface area (Å²) in [5.74, 6) is -0.273. The maximum absolute atomic E-state index is 11.1. The Morgan fingerprint density at radius 2 is 1.88 bits per heavy atom. The highest BCUT2D eigenvalue weighted by Gasteiger charge is 2.15. The van der Waals surface area contributed by atoms with Crippen LogP contribution in [-0.2, 0) is 9.53 Å². The quantitative estimate of drug-likeness (QED) is 0.829. The zero-order valence-corrected chi connectivity index (χ0v) is 10.6. The Hall–Kier alpha value is -1.06. The molecule has 0 radical (unpaired) electrons. The molecule has 1 rings (SSSR count). The molecule has 0 unspecified atom stereocenters. The van der Waals surface area contributed by atoms with Crippen LogP contribution in [0, 0.1) is 13.8 Å². The zero-order valence-electron chi connectivity index (χ0n) is 9.82. The largest absolute Gasteiger partial charge is 0.469 e. The van der Waals surface area contributed by atoms with Gasteiger partial charge >= 0.3 is 5.97 Å². The monoisotopic (exact) mass is 243 g/mol. The third-order valence-corrected chi connectivity index (χ3v) is 2.53. The molecule has 1 aromatic rings. The van der Waals surface area contributed by atoms with E-state index in [-0.39, 0.29) is 30.8 Å². The van der Waals surface area contributed by atoms with Gasteiger partial charge in [0, 0.05) is 6.04 Å². The number of nitrogens with two attached hydrogens (primary N) is 1. The van der Waals surface area contributed by atoms with Crippen molar-refractivity contribution in [3.8, 4) is 0 Å². The van der Waals surface area contributed by atoms with Crippen molar-refractivity contribution >= 4 is 18.4 Å². The summed E-state index contributed by atoms with van der Waals surface area (Å²) in [4.78, 5) is 11.1. The van der Waals surface area contributed by atoms with Crippen LogP contribution >= 0.6 is 12.4 Å². The van der Waals surface area contributed by atoms with Gasteiger partial charge in [-0.05, 0) is 30.5 Å². The van der Waals surface area contributed by atoms with Crippen LogP contribution in [0.2, 0.25) is 0 Å². The summed E-state index contributed by atoms with van der Waals surface area (Å²) in [6, 6.07) is 5.71. The van der Waals surface area contributed by atoms with E-state index in [2.05, 4.69) is 4.74 Å². The van der Waals surface area contributed by atoms with Crippen LogP contribution in [0.4, 0.5) is 0 Å². The third kappa shape index (κ3) is 3.51. The fourth-order valence-electron chi connectivity index (χ4n) is 1.78. The molecule has 0 aliphatic rings. The first-order valence-electron chi connectivity index (χ1n) is 4.94. The Labute approximate surface area is 102 Å². The molecule has 90 valence electrons. The molecule has 0 amide bonds. The minimum absolute atomic E-state index is 0. The van der Waals surface area contributed by atoms with Crippen LogP contribution in [0.5, 0.6) is 0 Å². The van der Waals surface area contributed by atoms with Gasteiger partial charge in [-0.15, -0.1) is 12.4 Å². The molecule has 1 atom stereocenters. The highest BCUT2D eigenvalue weighted by atomic mass is 35.5. The lowest BCUT2D eigenvalue weighted by atomic mass is 9.95. The van der Waals surface area contributed by atoms with E-state index in [1.165, 1.54) is 7.11 Å². The van der Waals surface area contributed by atoms with E-state index >= 15 is 0 Å². The van der Waals surface area contributed by atoms with E-state index in [1.807, 2.05) is 32.0 Å². The lowest BCUT2D eigenvalue weighted by molar-refractivity contribution is -0.141. The first-order chi connectivity index (χ1) is 7.06. The molecule has 0 aliphatic carbocycles. The first kappa shape index (κ1) is 14.9. The first-order valence-corrected chi connectivity index (χ1v) is 4.94. The molecule has 3 nitrogen and oxygen atoms in total. The molecule has 0 spiro atoms. The number of carbonyl (C=O) groups is 1. The van der Waals surface area contributed by atoms with Gasteiger partial charge < -0.3 is 10.5 Å². The Bertz CT molecular complexity index is 346. The number of aryl methyl sites for hydroxylation is 2. The maximum atomic E-state index is 11.1. The highest BCUT2D eigenvalue weighted by Crippen LogP contribution is 2.22. The number of carbonyl (C=O) groups excluding carboxylic acids is 1. The van der Waals surface area contributed by atoms with Gasteiger partial charge in [0.1, 0.15) is 0 Å². The van der Waals surface area contributed by atoms with Gasteiger partial charge in [0.15, 0.2) is 0 Å². The van der Waals surface area contributed by atoms with Gasteiger partial charge in [-0.3, -0.25) is 4.79 Å². The number of halogens is 1. The molecule has 0 heterocycles. The summed E-state index contributed by atoms with van der Waals surface area (Å²) in [6.45, 7) is 4.00. The number of ether oxygens (including phenoxy) is 1. The van der Waals surface area contributed by atoms with Crippen LogP contribution in [0.25, 0.3) is 0 Å². The van der Waals surface area contributed by atoms with Crippen molar-refractivity contribution in [2.45, 2.75) is 26.3 Å². The molecule has 0 bridgehead atoms. The predicted molar refractivity (Wildman–Crippen MR) is 66.7 cm³/mol. The summed E-state index contributed by atoms with van der Waals surface area (Å²) in [5, 5.41) is 0. The van der Waals surface area contributed by atoms with E-state index in [9.17, 15) is 4.79 Å². The van der Waals surface area contributed by atoms with Gasteiger partial charge in [-0.2, -0.15) is 0 Å². The van der Waals surface area contributed by atoms with Crippen LogP contribution in [-0.4, -0.2) is 13.1 Å². The number of rotatable bonds is 3. The number of methoxy groups -OCH3 is 1. The molecule has 0 saturated carbocycles. The topological polar surface area (TPSA) is 52.3 Å². The minimum Gasteiger partial charge on any atom is -0.469 e. The van der Waals surface area contributed by atoms with Crippen LogP contribution in [0.1, 0.15) is 29.2 Å². The Morgan fingerprint density at radius 1 is 1.38 bits per heavy atom. The highest BCUT2D eigenvalue weighted by molar-refractivity contribution is 5.85. The zero-order chi connectivity index (χ0) is 11.4. The van der Waals surface area contributed by atoms with Crippen LogP contribution in [0.3, 0.4) is 0 Å². The van der Waals surface area contributed by atoms with Crippen molar-refractivity contribution in [3.63, 3.8) is 0 Å². The van der Waals surface area contributed by atoms with Gasteiger partial charge in [-0.25, -0.2) is 0 Å². The summed E-state index contributed by atoms with van der Waals surface area (Å²) >= 11 is 0. The summed E-state index contributed by atoms with van der Waals surface area (Å²) < 4.78 is 4.60. The second kappa shape index (κ2) is 6.51. The summed E-state index contributed by atoms with van der Waals surface area (Å²) in [5.41, 5.74) is 9.25. The number of hydrogen-bond donors (Lipinski definition) is 1. The van der Waals surface area contributed by atoms with Crippen molar-refractivity contribution < 1.29 is 9.53 Å². The summed E-state index contributed by atoms with van der Waals surface area (Å²) in [6.07, 6.45) is 0.224. The molecule has 0 aliphatic heterocycles. The molecular weight excluding hydrogens is 226 g/mol. The fourth-order valence-corrected chi connectivity index (χ4v) is 1.78. The molecular formula is C12H18ClNO2. The molecule has 0 saturated heterocycles. The normalized spacial score (nSPS) is 11.5. The summed E-state index contributed by atoms with van der Waals surface area (Å²) in [7, 11) is 1.37.